The Kier molecular flexibility index (Phi) is 3.54. The summed E-state index contributed by atoms with van der Waals surface area (Å²) in [5.74, 6) is -2.41. The molecule has 1 aromatic rings. The highest BCUT2D eigenvalue weighted by Gasteiger charge is 2.43. The summed E-state index contributed by atoms with van der Waals surface area (Å²) >= 11 is 12.5. The molecule has 1 aliphatic carbocycles. The summed E-state index contributed by atoms with van der Waals surface area (Å²) in [7, 11) is 0. The van der Waals surface area contributed by atoms with Crippen molar-refractivity contribution in [1.82, 2.24) is 5.32 Å². The molecule has 3 rings (SSSR count). The molecule has 0 saturated heterocycles. The van der Waals surface area contributed by atoms with E-state index < -0.39 is 23.0 Å². The van der Waals surface area contributed by atoms with E-state index in [4.69, 9.17) is 23.2 Å². The Morgan fingerprint density at radius 1 is 1.22 bits per heavy atom. The number of ketones is 1. The quantitative estimate of drug-likeness (QED) is 0.800. The Morgan fingerprint density at radius 2 is 1.87 bits per heavy atom. The Morgan fingerprint density at radius 3 is 2.39 bits per heavy atom. The number of carbonyl (C=O) groups excluding carboxylic acids is 3. The zero-order valence-electron chi connectivity index (χ0n) is 12.4. The average Bonchev–Trinajstić information content (AvgIpc) is 2.90. The Balaban J connectivity index is 2.25. The minimum Gasteiger partial charge on any atom is -0.502 e. The Labute approximate surface area is 142 Å². The Bertz CT molecular complexity index is 828. The number of carbonyl (C=O) groups is 3. The van der Waals surface area contributed by atoms with Crippen LogP contribution in [0.25, 0.3) is 5.57 Å². The number of aliphatic hydroxyl groups excluding tert-OH is 1. The first-order valence-corrected chi connectivity index (χ1v) is 7.81. The first-order valence-electron chi connectivity index (χ1n) is 7.06. The molecule has 2 N–H and O–H groups in total. The molecule has 1 aliphatic heterocycles. The third-order valence-electron chi connectivity index (χ3n) is 4.60. The number of fused-ring (bicyclic) bond motifs is 1. The van der Waals surface area contributed by atoms with Crippen LogP contribution >= 0.6 is 23.2 Å². The van der Waals surface area contributed by atoms with Gasteiger partial charge in [-0.2, -0.15) is 0 Å². The van der Waals surface area contributed by atoms with E-state index >= 15 is 0 Å². The van der Waals surface area contributed by atoms with Crippen LogP contribution in [0.1, 0.15) is 41.8 Å². The standard InChI is InChI=1S/C16H13Cl2NO4/c1-3-16(2)5-6-4-7(9-12(20)15(23)19-14(9)22)10(17)11(18)8(6)13(16)21/h4H,3,5H2,1-2H3,(H2,19,20,22,23). The van der Waals surface area contributed by atoms with Crippen LogP contribution in [-0.2, 0) is 16.0 Å². The molecule has 0 saturated carbocycles. The summed E-state index contributed by atoms with van der Waals surface area (Å²) in [5, 5.41) is 11.8. The van der Waals surface area contributed by atoms with E-state index in [0.717, 1.165) is 0 Å². The maximum atomic E-state index is 12.6. The van der Waals surface area contributed by atoms with E-state index in [0.29, 0.717) is 24.0 Å². The summed E-state index contributed by atoms with van der Waals surface area (Å²) in [6.45, 7) is 3.76. The molecular formula is C16H13Cl2NO4. The number of imide groups is 1. The monoisotopic (exact) mass is 353 g/mol. The van der Waals surface area contributed by atoms with Gasteiger partial charge < -0.3 is 5.11 Å². The third-order valence-corrected chi connectivity index (χ3v) is 5.47. The van der Waals surface area contributed by atoms with Gasteiger partial charge in [0.05, 0.1) is 15.6 Å². The SMILES string of the molecule is CCC1(C)Cc2cc(C3=C(O)C(=O)NC3=O)c(Cl)c(Cl)c2C1=O. The van der Waals surface area contributed by atoms with E-state index in [2.05, 4.69) is 0 Å². The smallest absolute Gasteiger partial charge is 0.293 e. The lowest BCUT2D eigenvalue weighted by atomic mass is 9.83. The predicted molar refractivity (Wildman–Crippen MR) is 85.6 cm³/mol. The number of benzene rings is 1. The van der Waals surface area contributed by atoms with Gasteiger partial charge in [-0.3, -0.25) is 19.7 Å². The van der Waals surface area contributed by atoms with Crippen LogP contribution in [0.2, 0.25) is 10.0 Å². The molecule has 0 bridgehead atoms. The van der Waals surface area contributed by atoms with Gasteiger partial charge >= 0.3 is 0 Å². The number of hydrogen-bond donors (Lipinski definition) is 2. The van der Waals surface area contributed by atoms with Gasteiger partial charge in [0.25, 0.3) is 11.8 Å². The summed E-state index contributed by atoms with van der Waals surface area (Å²) in [6.07, 6.45) is 1.10. The zero-order chi connectivity index (χ0) is 17.1. The van der Waals surface area contributed by atoms with E-state index in [9.17, 15) is 19.5 Å². The zero-order valence-corrected chi connectivity index (χ0v) is 13.9. The van der Waals surface area contributed by atoms with E-state index in [1.54, 1.807) is 6.07 Å². The Hall–Kier alpha value is -1.85. The van der Waals surface area contributed by atoms with E-state index in [1.807, 2.05) is 19.2 Å². The van der Waals surface area contributed by atoms with Crippen LogP contribution in [0.15, 0.2) is 11.8 Å². The molecule has 0 radical (unpaired) electrons. The molecule has 2 amide bonds. The van der Waals surface area contributed by atoms with Crippen LogP contribution in [-0.4, -0.2) is 22.7 Å². The molecule has 1 unspecified atom stereocenters. The highest BCUT2D eigenvalue weighted by atomic mass is 35.5. The minimum atomic E-state index is -0.882. The van der Waals surface area contributed by atoms with E-state index in [1.165, 1.54) is 0 Å². The second-order valence-electron chi connectivity index (χ2n) is 6.01. The van der Waals surface area contributed by atoms with Crippen molar-refractivity contribution in [2.24, 2.45) is 5.41 Å². The van der Waals surface area contributed by atoms with Crippen LogP contribution in [0, 0.1) is 5.41 Å². The number of halogens is 2. The van der Waals surface area contributed by atoms with Crippen molar-refractivity contribution in [2.75, 3.05) is 0 Å². The molecule has 2 aliphatic rings. The van der Waals surface area contributed by atoms with Crippen LogP contribution < -0.4 is 5.32 Å². The summed E-state index contributed by atoms with van der Waals surface area (Å²) < 4.78 is 0. The molecule has 7 heteroatoms. The van der Waals surface area contributed by atoms with Gasteiger partial charge in [0.15, 0.2) is 11.5 Å². The number of amides is 2. The maximum absolute atomic E-state index is 12.6. The lowest BCUT2D eigenvalue weighted by Gasteiger charge is -2.18. The van der Waals surface area contributed by atoms with Crippen molar-refractivity contribution >= 4 is 46.4 Å². The van der Waals surface area contributed by atoms with Gasteiger partial charge in [-0.05, 0) is 24.5 Å². The number of nitrogens with one attached hydrogen (secondary N) is 1. The molecule has 0 aromatic heterocycles. The van der Waals surface area contributed by atoms with Crippen molar-refractivity contribution in [2.45, 2.75) is 26.7 Å². The van der Waals surface area contributed by atoms with Gasteiger partial charge in [-0.1, -0.05) is 37.0 Å². The summed E-state index contributed by atoms with van der Waals surface area (Å²) in [4.78, 5) is 35.9. The molecule has 120 valence electrons. The molecule has 0 spiro atoms. The fourth-order valence-electron chi connectivity index (χ4n) is 3.03. The van der Waals surface area contributed by atoms with Crippen molar-refractivity contribution in [3.05, 3.63) is 38.6 Å². The summed E-state index contributed by atoms with van der Waals surface area (Å²) in [5.41, 5.74) is 0.385. The highest BCUT2D eigenvalue weighted by Crippen LogP contribution is 2.46. The topological polar surface area (TPSA) is 83.5 Å². The second kappa shape index (κ2) is 5.08. The van der Waals surface area contributed by atoms with Gasteiger partial charge in [-0.15, -0.1) is 0 Å². The van der Waals surface area contributed by atoms with Crippen LogP contribution in [0.3, 0.4) is 0 Å². The van der Waals surface area contributed by atoms with Crippen molar-refractivity contribution < 1.29 is 19.5 Å². The molecule has 0 fully saturated rings. The molecule has 1 heterocycles. The number of rotatable bonds is 2. The van der Waals surface area contributed by atoms with Crippen LogP contribution in [0.4, 0.5) is 0 Å². The molecule has 5 nitrogen and oxygen atoms in total. The maximum Gasteiger partial charge on any atom is 0.293 e. The predicted octanol–water partition coefficient (Wildman–Crippen LogP) is 3.07. The first kappa shape index (κ1) is 16.0. The first-order chi connectivity index (χ1) is 10.7. The third kappa shape index (κ3) is 2.11. The summed E-state index contributed by atoms with van der Waals surface area (Å²) in [6, 6.07) is 1.56. The fourth-order valence-corrected chi connectivity index (χ4v) is 3.58. The highest BCUT2D eigenvalue weighted by molar-refractivity contribution is 6.47. The lowest BCUT2D eigenvalue weighted by molar-refractivity contribution is -0.124. The van der Waals surface area contributed by atoms with Gasteiger partial charge in [0.1, 0.15) is 0 Å². The fraction of sp³-hybridized carbons (Fsp3) is 0.312. The molecule has 23 heavy (non-hydrogen) atoms. The minimum absolute atomic E-state index is 0.0227. The largest absolute Gasteiger partial charge is 0.502 e. The number of aliphatic hydroxyl groups is 1. The van der Waals surface area contributed by atoms with Gasteiger partial charge in [-0.25, -0.2) is 0 Å². The number of Topliss-reactive ketones (excluding diaryl/α,β-unsaturated/α-hetero) is 1. The van der Waals surface area contributed by atoms with Gasteiger partial charge in [0.2, 0.25) is 0 Å². The van der Waals surface area contributed by atoms with E-state index in [-0.39, 0.29) is 27.0 Å². The molecular weight excluding hydrogens is 341 g/mol. The average molecular weight is 354 g/mol. The normalized spacial score (nSPS) is 23.6. The van der Waals surface area contributed by atoms with Gasteiger partial charge in [0, 0.05) is 16.5 Å². The number of hydrogen-bond acceptors (Lipinski definition) is 4. The molecule has 1 aromatic carbocycles. The van der Waals surface area contributed by atoms with Crippen LogP contribution in [0.5, 0.6) is 0 Å². The van der Waals surface area contributed by atoms with Crippen molar-refractivity contribution in [3.8, 4) is 0 Å². The lowest BCUT2D eigenvalue weighted by Crippen LogP contribution is -2.23. The molecule has 1 atom stereocenters. The second-order valence-corrected chi connectivity index (χ2v) is 6.77. The van der Waals surface area contributed by atoms with Crippen molar-refractivity contribution in [1.29, 1.82) is 0 Å². The van der Waals surface area contributed by atoms with Crippen molar-refractivity contribution in [3.63, 3.8) is 0 Å².